The summed E-state index contributed by atoms with van der Waals surface area (Å²) in [6, 6.07) is 11.5. The molecule has 0 bridgehead atoms. The fourth-order valence-electron chi connectivity index (χ4n) is 2.17. The molecule has 3 rings (SSSR count). The molecule has 0 unspecified atom stereocenters. The monoisotopic (exact) mass is 402 g/mol. The van der Waals surface area contributed by atoms with E-state index in [2.05, 4.69) is 20.8 Å². The van der Waals surface area contributed by atoms with E-state index in [1.165, 1.54) is 47.4 Å². The predicted octanol–water partition coefficient (Wildman–Crippen LogP) is 0.105. The number of sulfonamides is 1. The number of primary sulfonamides is 1. The fourth-order valence-corrected chi connectivity index (χ4v) is 2.68. The first-order valence-corrected chi connectivity index (χ1v) is 9.31. The Hall–Kier alpha value is -3.64. The molecule has 0 fully saturated rings. The van der Waals surface area contributed by atoms with Crippen LogP contribution >= 0.6 is 0 Å². The number of benzene rings is 2. The quantitative estimate of drug-likeness (QED) is 0.549. The number of carbonyl (C=O) groups is 2. The molecule has 12 heteroatoms. The van der Waals surface area contributed by atoms with Crippen LogP contribution in [-0.2, 0) is 19.6 Å². The third kappa shape index (κ3) is 4.75. The van der Waals surface area contributed by atoms with Gasteiger partial charge in [0.2, 0.25) is 10.0 Å². The zero-order valence-corrected chi connectivity index (χ0v) is 15.0. The molecule has 0 aliphatic heterocycles. The van der Waals surface area contributed by atoms with Gasteiger partial charge in [-0.15, -0.1) is 5.10 Å². The van der Waals surface area contributed by atoms with Crippen molar-refractivity contribution in [3.05, 3.63) is 60.4 Å². The topological polar surface area (TPSA) is 159 Å². The van der Waals surface area contributed by atoms with Crippen molar-refractivity contribution in [3.8, 4) is 5.69 Å². The second kappa shape index (κ2) is 7.94. The van der Waals surface area contributed by atoms with E-state index in [9.17, 15) is 18.0 Å². The van der Waals surface area contributed by atoms with Gasteiger partial charge in [0, 0.05) is 5.69 Å². The van der Waals surface area contributed by atoms with Gasteiger partial charge in [-0.1, -0.05) is 0 Å². The second-order valence-corrected chi connectivity index (χ2v) is 7.06. The van der Waals surface area contributed by atoms with E-state index in [-0.39, 0.29) is 10.5 Å². The van der Waals surface area contributed by atoms with E-state index < -0.39 is 28.5 Å². The van der Waals surface area contributed by atoms with Crippen LogP contribution in [0.2, 0.25) is 0 Å². The van der Waals surface area contributed by atoms with Crippen LogP contribution in [0.5, 0.6) is 0 Å². The Morgan fingerprint density at radius 3 is 2.32 bits per heavy atom. The Bertz CT molecular complexity index is 1080. The lowest BCUT2D eigenvalue weighted by atomic mass is 10.2. The molecule has 11 nitrogen and oxygen atoms in total. The highest BCUT2D eigenvalue weighted by Gasteiger charge is 2.12. The summed E-state index contributed by atoms with van der Waals surface area (Å²) in [5.74, 6) is -1.26. The number of amides is 1. The molecular formula is C16H14N6O5S. The van der Waals surface area contributed by atoms with Crippen molar-refractivity contribution in [2.24, 2.45) is 5.14 Å². The van der Waals surface area contributed by atoms with Crippen LogP contribution < -0.4 is 10.5 Å². The maximum Gasteiger partial charge on any atom is 0.338 e. The Labute approximate surface area is 159 Å². The lowest BCUT2D eigenvalue weighted by molar-refractivity contribution is -0.119. The smallest absolute Gasteiger partial charge is 0.338 e. The molecule has 144 valence electrons. The molecule has 3 N–H and O–H groups in total. The van der Waals surface area contributed by atoms with Crippen molar-refractivity contribution in [2.75, 3.05) is 11.9 Å². The number of anilines is 1. The number of carbonyl (C=O) groups excluding carboxylic acids is 2. The van der Waals surface area contributed by atoms with Gasteiger partial charge in [0.05, 0.1) is 16.1 Å². The predicted molar refractivity (Wildman–Crippen MR) is 95.9 cm³/mol. The number of esters is 1. The van der Waals surface area contributed by atoms with Crippen LogP contribution in [0.15, 0.2) is 59.8 Å². The van der Waals surface area contributed by atoms with Gasteiger partial charge in [-0.05, 0) is 59.0 Å². The van der Waals surface area contributed by atoms with E-state index in [1.54, 1.807) is 12.1 Å². The van der Waals surface area contributed by atoms with Crippen LogP contribution in [0.3, 0.4) is 0 Å². The van der Waals surface area contributed by atoms with Gasteiger partial charge >= 0.3 is 5.97 Å². The minimum absolute atomic E-state index is 0.0814. The molecule has 1 heterocycles. The number of rotatable bonds is 6. The van der Waals surface area contributed by atoms with E-state index in [0.717, 1.165) is 0 Å². The summed E-state index contributed by atoms with van der Waals surface area (Å²) < 4.78 is 28.8. The first-order chi connectivity index (χ1) is 13.3. The molecule has 0 saturated carbocycles. The summed E-state index contributed by atoms with van der Waals surface area (Å²) in [5, 5.41) is 18.2. The van der Waals surface area contributed by atoms with Crippen molar-refractivity contribution >= 4 is 27.6 Å². The summed E-state index contributed by atoms with van der Waals surface area (Å²) in [7, 11) is -3.81. The summed E-state index contributed by atoms with van der Waals surface area (Å²) >= 11 is 0. The van der Waals surface area contributed by atoms with Gasteiger partial charge in [-0.25, -0.2) is 23.0 Å². The van der Waals surface area contributed by atoms with Crippen LogP contribution in [0, 0.1) is 0 Å². The molecule has 0 saturated heterocycles. The van der Waals surface area contributed by atoms with Crippen molar-refractivity contribution in [2.45, 2.75) is 4.90 Å². The van der Waals surface area contributed by atoms with E-state index in [0.29, 0.717) is 11.4 Å². The van der Waals surface area contributed by atoms with Gasteiger partial charge in [0.1, 0.15) is 6.33 Å². The SMILES string of the molecule is NS(=O)(=O)c1ccc(NC(=O)COC(=O)c2ccc(-n3cnnn3)cc2)cc1. The summed E-state index contributed by atoms with van der Waals surface area (Å²) in [5.41, 5.74) is 1.24. The summed E-state index contributed by atoms with van der Waals surface area (Å²) in [6.45, 7) is -0.509. The molecule has 0 spiro atoms. The molecule has 3 aromatic rings. The first-order valence-electron chi connectivity index (χ1n) is 7.76. The summed E-state index contributed by atoms with van der Waals surface area (Å²) in [4.78, 5) is 23.8. The molecule has 1 amide bonds. The number of tetrazole rings is 1. The number of nitrogens with two attached hydrogens (primary N) is 1. The van der Waals surface area contributed by atoms with Crippen molar-refractivity contribution in [3.63, 3.8) is 0 Å². The number of hydrogen-bond donors (Lipinski definition) is 2. The fraction of sp³-hybridized carbons (Fsp3) is 0.0625. The standard InChI is InChI=1S/C16H14N6O5S/c17-28(25,26)14-7-3-12(4-8-14)19-15(23)9-27-16(24)11-1-5-13(6-2-11)22-10-18-20-21-22/h1-8,10H,9H2,(H,19,23)(H2,17,25,26). The Balaban J connectivity index is 1.53. The molecule has 0 radical (unpaired) electrons. The van der Waals surface area contributed by atoms with Gasteiger partial charge < -0.3 is 10.1 Å². The van der Waals surface area contributed by atoms with Gasteiger partial charge in [0.15, 0.2) is 6.61 Å². The van der Waals surface area contributed by atoms with E-state index >= 15 is 0 Å². The minimum Gasteiger partial charge on any atom is -0.452 e. The molecule has 2 aromatic carbocycles. The van der Waals surface area contributed by atoms with Crippen LogP contribution in [0.4, 0.5) is 5.69 Å². The Kier molecular flexibility index (Phi) is 5.42. The molecule has 28 heavy (non-hydrogen) atoms. The zero-order chi connectivity index (χ0) is 20.1. The lowest BCUT2D eigenvalue weighted by Gasteiger charge is -2.07. The first kappa shape index (κ1) is 19.1. The van der Waals surface area contributed by atoms with Crippen LogP contribution in [0.1, 0.15) is 10.4 Å². The van der Waals surface area contributed by atoms with Crippen molar-refractivity contribution in [1.29, 1.82) is 0 Å². The maximum atomic E-state index is 12.0. The largest absolute Gasteiger partial charge is 0.452 e. The highest BCUT2D eigenvalue weighted by atomic mass is 32.2. The lowest BCUT2D eigenvalue weighted by Crippen LogP contribution is -2.21. The van der Waals surface area contributed by atoms with Gasteiger partial charge in [0.25, 0.3) is 5.91 Å². The van der Waals surface area contributed by atoms with Crippen molar-refractivity contribution in [1.82, 2.24) is 20.2 Å². The average molecular weight is 402 g/mol. The third-order valence-corrected chi connectivity index (χ3v) is 4.45. The van der Waals surface area contributed by atoms with Crippen LogP contribution in [-0.4, -0.2) is 47.1 Å². The highest BCUT2D eigenvalue weighted by molar-refractivity contribution is 7.89. The molecule has 1 aromatic heterocycles. The second-order valence-electron chi connectivity index (χ2n) is 5.49. The number of nitrogens with one attached hydrogen (secondary N) is 1. The molecule has 0 aliphatic rings. The van der Waals surface area contributed by atoms with Crippen LogP contribution in [0.25, 0.3) is 5.69 Å². The van der Waals surface area contributed by atoms with E-state index in [1.807, 2.05) is 0 Å². The number of hydrogen-bond acceptors (Lipinski definition) is 8. The zero-order valence-electron chi connectivity index (χ0n) is 14.2. The maximum absolute atomic E-state index is 12.0. The minimum atomic E-state index is -3.81. The van der Waals surface area contributed by atoms with Gasteiger partial charge in [-0.2, -0.15) is 0 Å². The van der Waals surface area contributed by atoms with Crippen molar-refractivity contribution < 1.29 is 22.7 Å². The van der Waals surface area contributed by atoms with E-state index in [4.69, 9.17) is 9.88 Å². The average Bonchev–Trinajstić information content (AvgIpc) is 3.21. The molecular weight excluding hydrogens is 388 g/mol. The number of nitrogens with zero attached hydrogens (tertiary/aromatic N) is 4. The normalized spacial score (nSPS) is 11.0. The molecule has 0 aliphatic carbocycles. The number of ether oxygens (including phenoxy) is 1. The summed E-state index contributed by atoms with van der Waals surface area (Å²) in [6.07, 6.45) is 1.41. The van der Waals surface area contributed by atoms with Gasteiger partial charge in [-0.3, -0.25) is 4.79 Å². The highest BCUT2D eigenvalue weighted by Crippen LogP contribution is 2.13. The number of aromatic nitrogens is 4. The molecule has 0 atom stereocenters. The third-order valence-electron chi connectivity index (χ3n) is 3.52. The Morgan fingerprint density at radius 1 is 1.07 bits per heavy atom. The Morgan fingerprint density at radius 2 is 1.75 bits per heavy atom.